The summed E-state index contributed by atoms with van der Waals surface area (Å²) >= 11 is 0. The highest BCUT2D eigenvalue weighted by molar-refractivity contribution is 5.85. The van der Waals surface area contributed by atoms with E-state index < -0.39 is 0 Å². The molecule has 2 aromatic rings. The fourth-order valence-corrected chi connectivity index (χ4v) is 2.22. The molecule has 1 aromatic heterocycles. The van der Waals surface area contributed by atoms with Crippen molar-refractivity contribution in [1.82, 2.24) is 9.55 Å². The molecule has 6 heteroatoms. The van der Waals surface area contributed by atoms with Crippen LogP contribution in [0.1, 0.15) is 12.1 Å². The van der Waals surface area contributed by atoms with Crippen molar-refractivity contribution in [2.75, 3.05) is 26.1 Å². The molecule has 0 unspecified atom stereocenters. The number of aromatic nitrogens is 2. The third-order valence-electron chi connectivity index (χ3n) is 3.44. The summed E-state index contributed by atoms with van der Waals surface area (Å²) in [4.78, 5) is 29.4. The molecule has 0 saturated heterocycles. The number of aryl methyl sites for hydroxylation is 2. The molecule has 112 valence electrons. The van der Waals surface area contributed by atoms with E-state index in [1.165, 1.54) is 11.7 Å². The molecule has 0 bridgehead atoms. The summed E-state index contributed by atoms with van der Waals surface area (Å²) in [5.41, 5.74) is 2.15. The molecule has 0 amide bonds. The van der Waals surface area contributed by atoms with Crippen LogP contribution in [0, 0.1) is 6.92 Å². The molecule has 0 radical (unpaired) electrons. The number of carbonyl (C=O) groups is 1. The Labute approximate surface area is 123 Å². The van der Waals surface area contributed by atoms with Gasteiger partial charge in [-0.05, 0) is 25.1 Å². The highest BCUT2D eigenvalue weighted by Gasteiger charge is 2.11. The molecule has 0 N–H and O–H groups in total. The van der Waals surface area contributed by atoms with Crippen LogP contribution < -0.4 is 10.6 Å². The van der Waals surface area contributed by atoms with Crippen LogP contribution in [-0.2, 0) is 16.1 Å². The van der Waals surface area contributed by atoms with E-state index in [2.05, 4.69) is 9.72 Å². The Morgan fingerprint density at radius 1 is 1.38 bits per heavy atom. The van der Waals surface area contributed by atoms with Gasteiger partial charge < -0.3 is 9.64 Å². The average molecular weight is 289 g/mol. The van der Waals surface area contributed by atoms with Crippen LogP contribution in [-0.4, -0.2) is 36.7 Å². The summed E-state index contributed by atoms with van der Waals surface area (Å²) < 4.78 is 6.13. The molecule has 0 aliphatic carbocycles. The van der Waals surface area contributed by atoms with Gasteiger partial charge in [-0.1, -0.05) is 0 Å². The summed E-state index contributed by atoms with van der Waals surface area (Å²) in [6.07, 6.45) is 0.145. The van der Waals surface area contributed by atoms with Gasteiger partial charge in [0.25, 0.3) is 0 Å². The molecular weight excluding hydrogens is 270 g/mol. The molecule has 0 aliphatic rings. The van der Waals surface area contributed by atoms with E-state index in [0.29, 0.717) is 5.69 Å². The monoisotopic (exact) mass is 289 g/mol. The largest absolute Gasteiger partial charge is 0.469 e. The second-order valence-corrected chi connectivity index (χ2v) is 5.05. The van der Waals surface area contributed by atoms with Crippen LogP contribution in [0.4, 0.5) is 5.69 Å². The molecule has 2 rings (SSSR count). The Bertz CT molecular complexity index is 735. The van der Waals surface area contributed by atoms with Gasteiger partial charge in [0.2, 0.25) is 0 Å². The number of nitrogens with zero attached hydrogens (tertiary/aromatic N) is 3. The van der Waals surface area contributed by atoms with E-state index in [-0.39, 0.29) is 24.6 Å². The number of carbonyl (C=O) groups excluding carboxylic acids is 1. The van der Waals surface area contributed by atoms with Crippen molar-refractivity contribution < 1.29 is 9.53 Å². The van der Waals surface area contributed by atoms with E-state index >= 15 is 0 Å². The van der Waals surface area contributed by atoms with Crippen molar-refractivity contribution in [2.45, 2.75) is 19.9 Å². The Hall–Kier alpha value is -2.37. The van der Waals surface area contributed by atoms with Crippen molar-refractivity contribution in [3.8, 4) is 0 Å². The van der Waals surface area contributed by atoms with Crippen molar-refractivity contribution >= 4 is 22.6 Å². The topological polar surface area (TPSA) is 64.4 Å². The number of hydrogen-bond donors (Lipinski definition) is 0. The quantitative estimate of drug-likeness (QED) is 0.795. The summed E-state index contributed by atoms with van der Waals surface area (Å²) in [5.74, 6) is -0.347. The molecule has 0 atom stereocenters. The first-order valence-corrected chi connectivity index (χ1v) is 6.69. The molecule has 1 heterocycles. The fraction of sp³-hybridized carbons (Fsp3) is 0.400. The maximum absolute atomic E-state index is 12.1. The summed E-state index contributed by atoms with van der Waals surface area (Å²) in [5, 5.41) is 0.908. The highest BCUT2D eigenvalue weighted by Crippen LogP contribution is 2.21. The van der Waals surface area contributed by atoms with Crippen LogP contribution in [0.2, 0.25) is 0 Å². The van der Waals surface area contributed by atoms with Crippen molar-refractivity contribution in [3.63, 3.8) is 0 Å². The minimum absolute atomic E-state index is 0.145. The molecule has 21 heavy (non-hydrogen) atoms. The van der Waals surface area contributed by atoms with Gasteiger partial charge >= 0.3 is 11.7 Å². The summed E-state index contributed by atoms with van der Waals surface area (Å²) in [6, 6.07) is 5.82. The zero-order chi connectivity index (χ0) is 15.6. The second kappa shape index (κ2) is 5.95. The predicted octanol–water partition coefficient (Wildman–Crippen LogP) is 1.33. The zero-order valence-corrected chi connectivity index (χ0v) is 12.7. The van der Waals surface area contributed by atoms with Crippen LogP contribution in [0.3, 0.4) is 0 Å². The second-order valence-electron chi connectivity index (χ2n) is 5.05. The predicted molar refractivity (Wildman–Crippen MR) is 81.7 cm³/mol. The first-order chi connectivity index (χ1) is 9.93. The molecule has 0 saturated carbocycles. The first-order valence-electron chi connectivity index (χ1n) is 6.69. The van der Waals surface area contributed by atoms with E-state index in [0.717, 1.165) is 16.6 Å². The Kier molecular flexibility index (Phi) is 4.26. The van der Waals surface area contributed by atoms with E-state index in [9.17, 15) is 9.59 Å². The maximum Gasteiger partial charge on any atom is 0.348 e. The van der Waals surface area contributed by atoms with Crippen LogP contribution in [0.15, 0.2) is 23.0 Å². The molecule has 0 spiro atoms. The number of benzene rings is 1. The maximum atomic E-state index is 12.1. The standard InChI is InChI=1S/C15H19N3O3/c1-10-12-9-11(17(2)3)5-6-13(12)18(15(20)16-10)8-7-14(19)21-4/h5-6,9H,7-8H2,1-4H3. The van der Waals surface area contributed by atoms with Gasteiger partial charge in [-0.2, -0.15) is 4.98 Å². The van der Waals surface area contributed by atoms with Crippen molar-refractivity contribution in [2.24, 2.45) is 0 Å². The van der Waals surface area contributed by atoms with E-state index in [4.69, 9.17) is 0 Å². The number of rotatable bonds is 4. The fourth-order valence-electron chi connectivity index (χ4n) is 2.22. The number of esters is 1. The third kappa shape index (κ3) is 3.04. The lowest BCUT2D eigenvalue weighted by Gasteiger charge is -2.16. The number of methoxy groups -OCH3 is 1. The average Bonchev–Trinajstić information content (AvgIpc) is 2.46. The smallest absolute Gasteiger partial charge is 0.348 e. The zero-order valence-electron chi connectivity index (χ0n) is 12.7. The first kappa shape index (κ1) is 15.0. The van der Waals surface area contributed by atoms with Crippen LogP contribution in [0.5, 0.6) is 0 Å². The molecule has 0 fully saturated rings. The number of hydrogen-bond acceptors (Lipinski definition) is 5. The van der Waals surface area contributed by atoms with Gasteiger partial charge in [-0.25, -0.2) is 4.79 Å². The Morgan fingerprint density at radius 2 is 2.10 bits per heavy atom. The van der Waals surface area contributed by atoms with Gasteiger partial charge in [0.05, 0.1) is 24.7 Å². The molecule has 6 nitrogen and oxygen atoms in total. The number of anilines is 1. The van der Waals surface area contributed by atoms with Gasteiger partial charge in [-0.15, -0.1) is 0 Å². The lowest BCUT2D eigenvalue weighted by Crippen LogP contribution is -2.25. The summed E-state index contributed by atoms with van der Waals surface area (Å²) in [7, 11) is 5.24. The van der Waals surface area contributed by atoms with Crippen LogP contribution in [0.25, 0.3) is 10.9 Å². The minimum Gasteiger partial charge on any atom is -0.469 e. The SMILES string of the molecule is COC(=O)CCn1c(=O)nc(C)c2cc(N(C)C)ccc21. The van der Waals surface area contributed by atoms with E-state index in [1.807, 2.05) is 44.1 Å². The van der Waals surface area contributed by atoms with Gasteiger partial charge in [0, 0.05) is 31.7 Å². The molecule has 0 aliphatic heterocycles. The van der Waals surface area contributed by atoms with Crippen LogP contribution >= 0.6 is 0 Å². The van der Waals surface area contributed by atoms with Crippen molar-refractivity contribution in [3.05, 3.63) is 34.4 Å². The third-order valence-corrected chi connectivity index (χ3v) is 3.44. The van der Waals surface area contributed by atoms with Gasteiger partial charge in [0.1, 0.15) is 0 Å². The lowest BCUT2D eigenvalue weighted by atomic mass is 10.1. The molecule has 1 aromatic carbocycles. The lowest BCUT2D eigenvalue weighted by molar-refractivity contribution is -0.140. The Balaban J connectivity index is 2.54. The highest BCUT2D eigenvalue weighted by atomic mass is 16.5. The number of fused-ring (bicyclic) bond motifs is 1. The van der Waals surface area contributed by atoms with Gasteiger partial charge in [0.15, 0.2) is 0 Å². The summed E-state index contributed by atoms with van der Waals surface area (Å²) in [6.45, 7) is 2.07. The van der Waals surface area contributed by atoms with Crippen molar-refractivity contribution in [1.29, 1.82) is 0 Å². The molecular formula is C15H19N3O3. The number of ether oxygens (including phenoxy) is 1. The van der Waals surface area contributed by atoms with Gasteiger partial charge in [-0.3, -0.25) is 9.36 Å². The minimum atomic E-state index is -0.347. The Morgan fingerprint density at radius 3 is 2.71 bits per heavy atom. The van der Waals surface area contributed by atoms with E-state index in [1.54, 1.807) is 0 Å². The normalized spacial score (nSPS) is 10.7.